The topological polar surface area (TPSA) is 85.9 Å². The number of piperidine rings is 1. The number of hydrogen-bond donors (Lipinski definition) is 1. The van der Waals surface area contributed by atoms with Gasteiger partial charge in [0.15, 0.2) is 6.10 Å². The molecular weight excluding hydrogens is 356 g/mol. The second kappa shape index (κ2) is 7.78. The number of nitriles is 1. The van der Waals surface area contributed by atoms with E-state index in [9.17, 15) is 10.1 Å². The van der Waals surface area contributed by atoms with Crippen molar-refractivity contribution in [3.8, 4) is 6.07 Å². The molecule has 0 spiro atoms. The minimum atomic E-state index is -0.512. The van der Waals surface area contributed by atoms with Gasteiger partial charge in [0.05, 0.1) is 30.0 Å². The molecule has 0 radical (unpaired) electrons. The van der Waals surface area contributed by atoms with Gasteiger partial charge in [-0.15, -0.1) is 0 Å². The molecule has 28 heavy (non-hydrogen) atoms. The predicted octanol–water partition coefficient (Wildman–Crippen LogP) is 1.01. The molecule has 1 amide bonds. The highest BCUT2D eigenvalue weighted by Crippen LogP contribution is 2.26. The first-order chi connectivity index (χ1) is 13.5. The second-order valence-corrected chi connectivity index (χ2v) is 7.77. The lowest BCUT2D eigenvalue weighted by Crippen LogP contribution is -2.55. The summed E-state index contributed by atoms with van der Waals surface area (Å²) in [6, 6.07) is 7.97. The fourth-order valence-electron chi connectivity index (χ4n) is 4.10. The number of rotatable bonds is 3. The average molecular weight is 382 g/mol. The maximum absolute atomic E-state index is 12.8. The van der Waals surface area contributed by atoms with E-state index in [0.717, 1.165) is 37.1 Å². The summed E-state index contributed by atoms with van der Waals surface area (Å²) in [7, 11) is 2.11. The zero-order chi connectivity index (χ0) is 19.7. The number of morpholine rings is 1. The van der Waals surface area contributed by atoms with Gasteiger partial charge < -0.3 is 19.9 Å². The molecule has 2 saturated heterocycles. The van der Waals surface area contributed by atoms with E-state index in [2.05, 4.69) is 33.3 Å². The van der Waals surface area contributed by atoms with Crippen LogP contribution >= 0.6 is 0 Å². The van der Waals surface area contributed by atoms with Gasteiger partial charge >= 0.3 is 0 Å². The minimum Gasteiger partial charge on any atom is -0.364 e. The van der Waals surface area contributed by atoms with Crippen molar-refractivity contribution < 1.29 is 9.53 Å². The molecule has 2 atom stereocenters. The van der Waals surface area contributed by atoms with E-state index in [1.165, 1.54) is 0 Å². The third-order valence-electron chi connectivity index (χ3n) is 5.61. The van der Waals surface area contributed by atoms with Crippen molar-refractivity contribution in [3.05, 3.63) is 30.1 Å². The summed E-state index contributed by atoms with van der Waals surface area (Å²) in [6.45, 7) is 5.16. The maximum atomic E-state index is 12.8. The summed E-state index contributed by atoms with van der Waals surface area (Å²) >= 11 is 0. The van der Waals surface area contributed by atoms with Crippen molar-refractivity contribution in [1.29, 1.82) is 5.26 Å². The van der Waals surface area contributed by atoms with Crippen LogP contribution in [0.15, 0.2) is 24.4 Å². The molecule has 0 saturated carbocycles. The van der Waals surface area contributed by atoms with Crippen molar-refractivity contribution >= 4 is 17.1 Å². The van der Waals surface area contributed by atoms with Gasteiger partial charge in [0.2, 0.25) is 0 Å². The molecule has 1 N–H and O–H groups in total. The molecule has 2 fully saturated rings. The normalized spacial score (nSPS) is 24.2. The number of amides is 1. The van der Waals surface area contributed by atoms with Gasteiger partial charge in [-0.2, -0.15) is 10.4 Å². The fourth-order valence-corrected chi connectivity index (χ4v) is 4.10. The third kappa shape index (κ3) is 3.68. The Hall–Kier alpha value is -2.63. The van der Waals surface area contributed by atoms with Crippen LogP contribution in [-0.2, 0) is 9.53 Å². The van der Waals surface area contributed by atoms with Crippen molar-refractivity contribution in [3.63, 3.8) is 0 Å². The summed E-state index contributed by atoms with van der Waals surface area (Å²) in [4.78, 5) is 17.3. The predicted molar refractivity (Wildman–Crippen MR) is 105 cm³/mol. The lowest BCUT2D eigenvalue weighted by molar-refractivity contribution is -0.138. The Morgan fingerprint density at radius 1 is 1.29 bits per heavy atom. The molecule has 2 aromatic heterocycles. The smallest absolute Gasteiger partial charge is 0.251 e. The van der Waals surface area contributed by atoms with Crippen molar-refractivity contribution in [2.24, 2.45) is 0 Å². The van der Waals surface area contributed by atoms with Crippen LogP contribution in [0.25, 0.3) is 5.52 Å². The van der Waals surface area contributed by atoms with E-state index in [1.807, 2.05) is 19.1 Å². The Morgan fingerprint density at radius 2 is 2.07 bits per heavy atom. The summed E-state index contributed by atoms with van der Waals surface area (Å²) in [5.41, 5.74) is 2.31. The van der Waals surface area contributed by atoms with E-state index in [0.29, 0.717) is 18.8 Å². The number of pyridine rings is 1. The molecule has 0 bridgehead atoms. The average Bonchev–Trinajstić information content (AvgIpc) is 3.18. The van der Waals surface area contributed by atoms with E-state index < -0.39 is 6.10 Å². The number of hydrogen-bond acceptors (Lipinski definition) is 6. The molecule has 0 unspecified atom stereocenters. The fraction of sp³-hybridized carbons (Fsp3) is 0.550. The monoisotopic (exact) mass is 382 g/mol. The van der Waals surface area contributed by atoms with Crippen LogP contribution in [0.1, 0.15) is 25.5 Å². The van der Waals surface area contributed by atoms with Crippen molar-refractivity contribution in [2.75, 3.05) is 38.1 Å². The molecule has 148 valence electrons. The Bertz CT molecular complexity index is 896. The number of ether oxygens (including phenoxy) is 1. The van der Waals surface area contributed by atoms with Gasteiger partial charge in [-0.25, -0.2) is 4.52 Å². The molecular formula is C20H26N6O2. The maximum Gasteiger partial charge on any atom is 0.251 e. The molecule has 2 aromatic rings. The van der Waals surface area contributed by atoms with E-state index in [-0.39, 0.29) is 18.1 Å². The van der Waals surface area contributed by atoms with Gasteiger partial charge in [0.25, 0.3) is 5.91 Å². The molecule has 8 nitrogen and oxygen atoms in total. The summed E-state index contributed by atoms with van der Waals surface area (Å²) in [6.07, 6.45) is 3.05. The van der Waals surface area contributed by atoms with Crippen molar-refractivity contribution in [2.45, 2.75) is 38.0 Å². The zero-order valence-corrected chi connectivity index (χ0v) is 16.3. The Balaban J connectivity index is 1.50. The first kappa shape index (κ1) is 18.7. The summed E-state index contributed by atoms with van der Waals surface area (Å²) in [5, 5.41) is 16.7. The summed E-state index contributed by atoms with van der Waals surface area (Å²) in [5.74, 6) is -0.0377. The standard InChI is InChI=1S/C20H26N6O2/c1-14-12-25(17-4-3-16(11-21)26-18(17)5-8-22-26)13-19(28-14)20(27)23-15-6-9-24(2)10-7-15/h3-5,8,14-15,19H,6-7,9-10,12-13H2,1-2H3,(H,23,27)/t14-,19-/m1/s1. The van der Waals surface area contributed by atoms with Crippen LogP contribution < -0.4 is 10.2 Å². The Labute approximate surface area is 164 Å². The molecule has 0 aromatic carbocycles. The Kier molecular flexibility index (Phi) is 5.20. The molecule has 0 aliphatic carbocycles. The highest BCUT2D eigenvalue weighted by molar-refractivity contribution is 5.83. The lowest BCUT2D eigenvalue weighted by Gasteiger charge is -2.38. The van der Waals surface area contributed by atoms with Crippen LogP contribution in [-0.4, -0.2) is 71.9 Å². The van der Waals surface area contributed by atoms with E-state index in [4.69, 9.17) is 4.74 Å². The first-order valence-corrected chi connectivity index (χ1v) is 9.81. The SMILES string of the molecule is C[C@@H]1CN(c2ccc(C#N)n3nccc23)C[C@H](C(=O)NC2CCN(C)CC2)O1. The van der Waals surface area contributed by atoms with Crippen LogP contribution in [0.3, 0.4) is 0 Å². The third-order valence-corrected chi connectivity index (χ3v) is 5.61. The van der Waals surface area contributed by atoms with Gasteiger partial charge in [-0.1, -0.05) is 0 Å². The molecule has 4 heterocycles. The van der Waals surface area contributed by atoms with Gasteiger partial charge in [-0.05, 0) is 58.1 Å². The molecule has 4 rings (SSSR count). The number of nitrogens with one attached hydrogen (secondary N) is 1. The number of likely N-dealkylation sites (tertiary alicyclic amines) is 1. The summed E-state index contributed by atoms with van der Waals surface area (Å²) < 4.78 is 7.60. The molecule has 2 aliphatic heterocycles. The Morgan fingerprint density at radius 3 is 2.82 bits per heavy atom. The highest BCUT2D eigenvalue weighted by Gasteiger charge is 2.33. The highest BCUT2D eigenvalue weighted by atomic mass is 16.5. The number of nitrogens with zero attached hydrogens (tertiary/aromatic N) is 5. The quantitative estimate of drug-likeness (QED) is 0.853. The number of carbonyl (C=O) groups excluding carboxylic acids is 1. The number of carbonyl (C=O) groups is 1. The van der Waals surface area contributed by atoms with E-state index >= 15 is 0 Å². The van der Waals surface area contributed by atoms with Crippen molar-refractivity contribution in [1.82, 2.24) is 19.8 Å². The van der Waals surface area contributed by atoms with Crippen LogP contribution in [0.4, 0.5) is 5.69 Å². The second-order valence-electron chi connectivity index (χ2n) is 7.77. The number of fused-ring (bicyclic) bond motifs is 1. The molecule has 8 heteroatoms. The van der Waals surface area contributed by atoms with Crippen LogP contribution in [0.2, 0.25) is 0 Å². The van der Waals surface area contributed by atoms with Crippen LogP contribution in [0.5, 0.6) is 0 Å². The molecule has 2 aliphatic rings. The largest absolute Gasteiger partial charge is 0.364 e. The van der Waals surface area contributed by atoms with E-state index in [1.54, 1.807) is 16.8 Å². The van der Waals surface area contributed by atoms with Gasteiger partial charge in [0, 0.05) is 12.6 Å². The lowest BCUT2D eigenvalue weighted by atomic mass is 10.0. The minimum absolute atomic E-state index is 0.0377. The van der Waals surface area contributed by atoms with Crippen LogP contribution in [0, 0.1) is 11.3 Å². The number of aromatic nitrogens is 2. The van der Waals surface area contributed by atoms with Gasteiger partial charge in [-0.3, -0.25) is 4.79 Å². The zero-order valence-electron chi connectivity index (χ0n) is 16.3. The first-order valence-electron chi connectivity index (χ1n) is 9.81. The number of anilines is 1. The van der Waals surface area contributed by atoms with Gasteiger partial charge in [0.1, 0.15) is 11.8 Å².